The van der Waals surface area contributed by atoms with E-state index in [1.807, 2.05) is 58.9 Å². The lowest BCUT2D eigenvalue weighted by Crippen LogP contribution is -2.29. The minimum absolute atomic E-state index is 0.268. The van der Waals surface area contributed by atoms with Gasteiger partial charge in [0.2, 0.25) is 0 Å². The van der Waals surface area contributed by atoms with Gasteiger partial charge in [-0.3, -0.25) is 0 Å². The van der Waals surface area contributed by atoms with E-state index in [0.29, 0.717) is 11.1 Å². The zero-order chi connectivity index (χ0) is 29.8. The number of imidazole rings is 1. The minimum atomic E-state index is -0.901. The summed E-state index contributed by atoms with van der Waals surface area (Å²) in [6, 6.07) is 16.7. The van der Waals surface area contributed by atoms with Crippen LogP contribution in [0.5, 0.6) is 0 Å². The molecule has 0 N–H and O–H groups in total. The van der Waals surface area contributed by atoms with Gasteiger partial charge in [0.05, 0.1) is 33.5 Å². The first-order valence-corrected chi connectivity index (χ1v) is 15.8. The van der Waals surface area contributed by atoms with E-state index in [-0.39, 0.29) is 6.61 Å². The summed E-state index contributed by atoms with van der Waals surface area (Å²) in [4.78, 5) is 23.4. The summed E-state index contributed by atoms with van der Waals surface area (Å²) < 4.78 is 15.3. The summed E-state index contributed by atoms with van der Waals surface area (Å²) in [5, 5.41) is 1.57. The van der Waals surface area contributed by atoms with Gasteiger partial charge in [-0.15, -0.1) is 11.3 Å². The van der Waals surface area contributed by atoms with Gasteiger partial charge in [0, 0.05) is 27.8 Å². The van der Waals surface area contributed by atoms with Crippen molar-refractivity contribution in [3.05, 3.63) is 70.5 Å². The molecular formula is C34H36ClN3O3S. The van der Waals surface area contributed by atoms with E-state index >= 15 is 0 Å². The first-order valence-electron chi connectivity index (χ1n) is 14.6. The van der Waals surface area contributed by atoms with Crippen LogP contribution in [0.2, 0.25) is 5.02 Å². The molecule has 6 rings (SSSR count). The van der Waals surface area contributed by atoms with Gasteiger partial charge in [0.15, 0.2) is 6.10 Å². The number of carbonyl (C=O) groups excluding carboxylic acids is 1. The zero-order valence-corrected chi connectivity index (χ0v) is 26.5. The fourth-order valence-corrected chi connectivity index (χ4v) is 7.07. The second-order valence-corrected chi connectivity index (χ2v) is 13.5. The van der Waals surface area contributed by atoms with Crippen molar-refractivity contribution in [3.8, 4) is 21.7 Å². The normalized spacial score (nSPS) is 14.8. The van der Waals surface area contributed by atoms with Crippen LogP contribution in [0.1, 0.15) is 76.1 Å². The molecule has 2 aromatic heterocycles. The standard InChI is InChI=1S/C34H36ClN3O3S/c1-7-40-33(39)30(41-34(4,5)6)28-19(2)17-26-31(29(28)21-11-14-23(35)15-12-21)42-32(37-26)22-13-16-25-27(18-22)38(20(3)36-25)24-9-8-10-24/h11-18,24,30H,7-10H2,1-6H3/t30-/m0/s1. The fourth-order valence-electron chi connectivity index (χ4n) is 5.82. The van der Waals surface area contributed by atoms with Gasteiger partial charge in [0.25, 0.3) is 0 Å². The highest BCUT2D eigenvalue weighted by Gasteiger charge is 2.33. The number of ether oxygens (including phenoxy) is 2. The van der Waals surface area contributed by atoms with E-state index in [4.69, 9.17) is 31.0 Å². The molecular weight excluding hydrogens is 566 g/mol. The van der Waals surface area contributed by atoms with Crippen molar-refractivity contribution in [1.82, 2.24) is 14.5 Å². The maximum absolute atomic E-state index is 13.4. The Bertz CT molecular complexity index is 1800. The van der Waals surface area contributed by atoms with Crippen molar-refractivity contribution in [2.45, 2.75) is 78.6 Å². The molecule has 0 saturated heterocycles. The minimum Gasteiger partial charge on any atom is -0.464 e. The maximum atomic E-state index is 13.4. The number of aromatic nitrogens is 3. The summed E-state index contributed by atoms with van der Waals surface area (Å²) >= 11 is 7.92. The van der Waals surface area contributed by atoms with Crippen LogP contribution in [0.4, 0.5) is 0 Å². The Hall–Kier alpha value is -3.26. The van der Waals surface area contributed by atoms with E-state index in [1.54, 1.807) is 11.3 Å². The van der Waals surface area contributed by atoms with Crippen molar-refractivity contribution >= 4 is 50.2 Å². The maximum Gasteiger partial charge on any atom is 0.339 e. The van der Waals surface area contributed by atoms with Crippen LogP contribution in [-0.2, 0) is 14.3 Å². The van der Waals surface area contributed by atoms with Gasteiger partial charge in [-0.2, -0.15) is 0 Å². The van der Waals surface area contributed by atoms with Gasteiger partial charge in [-0.1, -0.05) is 23.7 Å². The fraction of sp³-hybridized carbons (Fsp3) is 0.382. The number of aryl methyl sites for hydroxylation is 2. The average molecular weight is 602 g/mol. The molecule has 0 spiro atoms. The average Bonchev–Trinajstić information content (AvgIpc) is 3.46. The molecule has 5 aromatic rings. The smallest absolute Gasteiger partial charge is 0.339 e. The van der Waals surface area contributed by atoms with Gasteiger partial charge in [-0.25, -0.2) is 14.8 Å². The van der Waals surface area contributed by atoms with Gasteiger partial charge in [-0.05, 0) is 108 Å². The predicted octanol–water partition coefficient (Wildman–Crippen LogP) is 9.39. The van der Waals surface area contributed by atoms with Gasteiger partial charge in [0.1, 0.15) is 10.8 Å². The number of fused-ring (bicyclic) bond motifs is 2. The van der Waals surface area contributed by atoms with Gasteiger partial charge >= 0.3 is 5.97 Å². The molecule has 2 heterocycles. The number of rotatable bonds is 7. The van der Waals surface area contributed by atoms with E-state index in [0.717, 1.165) is 59.9 Å². The summed E-state index contributed by atoms with van der Waals surface area (Å²) in [5.74, 6) is 0.658. The number of nitrogens with zero attached hydrogens (tertiary/aromatic N) is 3. The molecule has 1 fully saturated rings. The topological polar surface area (TPSA) is 66.2 Å². The summed E-state index contributed by atoms with van der Waals surface area (Å²) in [5.41, 5.74) is 7.10. The van der Waals surface area contributed by atoms with Crippen LogP contribution in [-0.4, -0.2) is 32.7 Å². The first-order chi connectivity index (χ1) is 20.0. The molecule has 1 aliphatic rings. The molecule has 0 radical (unpaired) electrons. The zero-order valence-electron chi connectivity index (χ0n) is 25.0. The number of hydrogen-bond donors (Lipinski definition) is 0. The number of esters is 1. The van der Waals surface area contributed by atoms with Crippen molar-refractivity contribution in [3.63, 3.8) is 0 Å². The van der Waals surface area contributed by atoms with Crippen molar-refractivity contribution in [2.24, 2.45) is 0 Å². The molecule has 0 bridgehead atoms. The molecule has 0 aliphatic heterocycles. The Morgan fingerprint density at radius 1 is 1.05 bits per heavy atom. The Kier molecular flexibility index (Phi) is 7.62. The Labute approximate surface area is 255 Å². The second kappa shape index (κ2) is 11.1. The molecule has 3 aromatic carbocycles. The van der Waals surface area contributed by atoms with E-state index in [1.165, 1.54) is 19.3 Å². The first kappa shape index (κ1) is 28.8. The number of halogens is 1. The van der Waals surface area contributed by atoms with Crippen LogP contribution in [0, 0.1) is 13.8 Å². The van der Waals surface area contributed by atoms with Gasteiger partial charge < -0.3 is 14.0 Å². The lowest BCUT2D eigenvalue weighted by atomic mass is 9.91. The highest BCUT2D eigenvalue weighted by molar-refractivity contribution is 7.22. The molecule has 0 unspecified atom stereocenters. The van der Waals surface area contributed by atoms with Crippen molar-refractivity contribution in [2.75, 3.05) is 6.61 Å². The second-order valence-electron chi connectivity index (χ2n) is 12.0. The predicted molar refractivity (Wildman–Crippen MR) is 171 cm³/mol. The van der Waals surface area contributed by atoms with Crippen LogP contribution in [0.15, 0.2) is 48.5 Å². The van der Waals surface area contributed by atoms with Crippen molar-refractivity contribution < 1.29 is 14.3 Å². The van der Waals surface area contributed by atoms with Crippen LogP contribution < -0.4 is 0 Å². The number of benzene rings is 3. The molecule has 218 valence electrons. The molecule has 8 heteroatoms. The summed E-state index contributed by atoms with van der Waals surface area (Å²) in [6.07, 6.45) is 2.76. The molecule has 1 atom stereocenters. The number of hydrogen-bond acceptors (Lipinski definition) is 6. The van der Waals surface area contributed by atoms with E-state index in [2.05, 4.69) is 35.8 Å². The third-order valence-corrected chi connectivity index (χ3v) is 9.24. The Morgan fingerprint density at radius 3 is 2.40 bits per heavy atom. The third-order valence-electron chi connectivity index (χ3n) is 7.85. The molecule has 1 saturated carbocycles. The quantitative estimate of drug-likeness (QED) is 0.174. The Balaban J connectivity index is 1.57. The molecule has 1 aliphatic carbocycles. The monoisotopic (exact) mass is 601 g/mol. The lowest BCUT2D eigenvalue weighted by molar-refractivity contribution is -0.166. The van der Waals surface area contributed by atoms with Crippen molar-refractivity contribution in [1.29, 1.82) is 0 Å². The van der Waals surface area contributed by atoms with E-state index < -0.39 is 17.7 Å². The summed E-state index contributed by atoms with van der Waals surface area (Å²) in [6.45, 7) is 12.0. The lowest BCUT2D eigenvalue weighted by Gasteiger charge is -2.29. The third kappa shape index (κ3) is 5.34. The Morgan fingerprint density at radius 2 is 1.76 bits per heavy atom. The highest BCUT2D eigenvalue weighted by atomic mass is 35.5. The molecule has 42 heavy (non-hydrogen) atoms. The number of carbonyl (C=O) groups is 1. The van der Waals surface area contributed by atoms with Crippen LogP contribution in [0.3, 0.4) is 0 Å². The van der Waals surface area contributed by atoms with Crippen LogP contribution >= 0.6 is 22.9 Å². The molecule has 6 nitrogen and oxygen atoms in total. The SMILES string of the molecule is CCOC(=O)[C@@H](OC(C)(C)C)c1c(C)cc2nc(-c3ccc4nc(C)n(C5CCC5)c4c3)sc2c1-c1ccc(Cl)cc1. The number of thiazole rings is 1. The molecule has 0 amide bonds. The largest absolute Gasteiger partial charge is 0.464 e. The highest BCUT2D eigenvalue weighted by Crippen LogP contribution is 2.45. The van der Waals surface area contributed by atoms with E-state index in [9.17, 15) is 4.79 Å². The summed E-state index contributed by atoms with van der Waals surface area (Å²) in [7, 11) is 0. The van der Waals surface area contributed by atoms with Crippen LogP contribution in [0.25, 0.3) is 42.9 Å².